The van der Waals surface area contributed by atoms with Crippen molar-refractivity contribution in [3.8, 4) is 39.9 Å². The Bertz CT molecular complexity index is 1370. The summed E-state index contributed by atoms with van der Waals surface area (Å²) in [5.74, 6) is 3.83. The quantitative estimate of drug-likeness (QED) is 0.316. The van der Waals surface area contributed by atoms with E-state index in [4.69, 9.17) is 18.9 Å². The molecule has 4 nitrogen and oxygen atoms in total. The lowest BCUT2D eigenvalue weighted by atomic mass is 9.93. The molecule has 35 heavy (non-hydrogen) atoms. The van der Waals surface area contributed by atoms with E-state index in [1.807, 2.05) is 36.4 Å². The molecule has 4 aromatic rings. The van der Waals surface area contributed by atoms with Crippen LogP contribution in [-0.2, 0) is 12.8 Å². The van der Waals surface area contributed by atoms with Gasteiger partial charge in [0, 0.05) is 5.56 Å². The number of hydrogen-bond donors (Lipinski definition) is 0. The van der Waals surface area contributed by atoms with Gasteiger partial charge in [0.1, 0.15) is 17.2 Å². The highest BCUT2D eigenvalue weighted by molar-refractivity contribution is 5.78. The first-order valence-electron chi connectivity index (χ1n) is 11.6. The normalized spacial score (nSPS) is 13.2. The average molecular weight is 465 g/mol. The molecule has 4 heteroatoms. The van der Waals surface area contributed by atoms with Gasteiger partial charge in [-0.3, -0.25) is 0 Å². The van der Waals surface area contributed by atoms with Gasteiger partial charge in [-0.2, -0.15) is 0 Å². The fourth-order valence-electron chi connectivity index (χ4n) is 4.40. The molecule has 0 radical (unpaired) electrons. The van der Waals surface area contributed by atoms with Crippen LogP contribution in [0.15, 0.2) is 78.9 Å². The summed E-state index contributed by atoms with van der Waals surface area (Å²) in [5.41, 5.74) is 6.73. The summed E-state index contributed by atoms with van der Waals surface area (Å²) in [6.45, 7) is 0. The second-order valence-corrected chi connectivity index (χ2v) is 8.47. The van der Waals surface area contributed by atoms with Crippen molar-refractivity contribution in [1.82, 2.24) is 0 Å². The minimum absolute atomic E-state index is 0.678. The molecule has 4 aliphatic heterocycles. The SMILES string of the molecule is COc1ccc2c(c1)CCc1ccc(cc1)Oc1cc(ccc1OC)/C=C/c1ccc-2c(OC)c1. The minimum atomic E-state index is 0.678. The van der Waals surface area contributed by atoms with Crippen molar-refractivity contribution >= 4 is 12.2 Å². The summed E-state index contributed by atoms with van der Waals surface area (Å²) in [4.78, 5) is 0. The highest BCUT2D eigenvalue weighted by Crippen LogP contribution is 2.37. The standard InChI is InChI=1S/C31H28O4/c1-32-26-14-16-27-24(20-26)11-6-21-7-12-25(13-8-21)35-31-19-23(10-17-29(31)33-2)5-4-22-9-15-28(27)30(18-22)34-3/h4-5,7-10,12-20H,6,11H2,1-3H3/b5-4+. The van der Waals surface area contributed by atoms with Crippen LogP contribution in [0.2, 0.25) is 0 Å². The molecular weight excluding hydrogens is 436 g/mol. The maximum atomic E-state index is 6.19. The number of aryl methyl sites for hydroxylation is 2. The number of hydrogen-bond acceptors (Lipinski definition) is 4. The molecule has 0 aliphatic carbocycles. The molecule has 0 amide bonds. The molecule has 0 spiro atoms. The zero-order valence-electron chi connectivity index (χ0n) is 20.2. The third-order valence-corrected chi connectivity index (χ3v) is 6.32. The van der Waals surface area contributed by atoms with Gasteiger partial charge in [0.2, 0.25) is 0 Å². The first-order valence-corrected chi connectivity index (χ1v) is 11.6. The minimum Gasteiger partial charge on any atom is -0.497 e. The predicted octanol–water partition coefficient (Wildman–Crippen LogP) is 7.44. The van der Waals surface area contributed by atoms with Gasteiger partial charge in [0.25, 0.3) is 0 Å². The topological polar surface area (TPSA) is 36.9 Å². The van der Waals surface area contributed by atoms with Gasteiger partial charge in [-0.15, -0.1) is 0 Å². The summed E-state index contributed by atoms with van der Waals surface area (Å²) in [6, 6.07) is 26.7. The maximum absolute atomic E-state index is 6.19. The highest BCUT2D eigenvalue weighted by atomic mass is 16.5. The molecule has 4 heterocycles. The second kappa shape index (κ2) is 9.98. The van der Waals surface area contributed by atoms with E-state index in [-0.39, 0.29) is 0 Å². The maximum Gasteiger partial charge on any atom is 0.169 e. The molecule has 0 unspecified atom stereocenters. The lowest BCUT2D eigenvalue weighted by Gasteiger charge is -2.16. The Balaban J connectivity index is 1.65. The Morgan fingerprint density at radius 1 is 0.600 bits per heavy atom. The molecule has 0 aromatic heterocycles. The molecule has 176 valence electrons. The van der Waals surface area contributed by atoms with Crippen LogP contribution in [0.1, 0.15) is 22.3 Å². The van der Waals surface area contributed by atoms with Crippen molar-refractivity contribution in [3.05, 3.63) is 101 Å². The summed E-state index contributed by atoms with van der Waals surface area (Å²) in [7, 11) is 5.07. The van der Waals surface area contributed by atoms with Crippen molar-refractivity contribution in [2.75, 3.05) is 21.3 Å². The van der Waals surface area contributed by atoms with Gasteiger partial charge in [-0.05, 0) is 83.1 Å². The van der Waals surface area contributed by atoms with E-state index >= 15 is 0 Å². The second-order valence-electron chi connectivity index (χ2n) is 8.47. The van der Waals surface area contributed by atoms with Crippen LogP contribution in [0.25, 0.3) is 23.3 Å². The zero-order valence-corrected chi connectivity index (χ0v) is 20.2. The first kappa shape index (κ1) is 22.6. The fourth-order valence-corrected chi connectivity index (χ4v) is 4.40. The van der Waals surface area contributed by atoms with E-state index in [1.165, 1.54) is 11.1 Å². The van der Waals surface area contributed by atoms with Crippen LogP contribution in [0, 0.1) is 0 Å². The van der Waals surface area contributed by atoms with Crippen LogP contribution in [-0.4, -0.2) is 21.3 Å². The van der Waals surface area contributed by atoms with Crippen molar-refractivity contribution in [2.45, 2.75) is 12.8 Å². The van der Waals surface area contributed by atoms with Gasteiger partial charge in [0.05, 0.1) is 21.3 Å². The number of rotatable bonds is 3. The molecule has 0 saturated heterocycles. The Hall–Kier alpha value is -4.18. The van der Waals surface area contributed by atoms with E-state index < -0.39 is 0 Å². The molecule has 0 atom stereocenters. The zero-order chi connectivity index (χ0) is 24.2. The summed E-state index contributed by atoms with van der Waals surface area (Å²) >= 11 is 0. The van der Waals surface area contributed by atoms with Crippen LogP contribution < -0.4 is 18.9 Å². The molecule has 0 fully saturated rings. The fraction of sp³-hybridized carbons (Fsp3) is 0.161. The van der Waals surface area contributed by atoms with Crippen LogP contribution in [0.3, 0.4) is 0 Å². The highest BCUT2D eigenvalue weighted by Gasteiger charge is 2.13. The monoisotopic (exact) mass is 464 g/mol. The van der Waals surface area contributed by atoms with Gasteiger partial charge < -0.3 is 18.9 Å². The predicted molar refractivity (Wildman–Crippen MR) is 141 cm³/mol. The van der Waals surface area contributed by atoms with Gasteiger partial charge in [-0.25, -0.2) is 0 Å². The van der Waals surface area contributed by atoms with Crippen molar-refractivity contribution in [3.63, 3.8) is 0 Å². The third-order valence-electron chi connectivity index (χ3n) is 6.32. The Morgan fingerprint density at radius 2 is 1.31 bits per heavy atom. The van der Waals surface area contributed by atoms with Crippen molar-refractivity contribution in [2.24, 2.45) is 0 Å². The van der Waals surface area contributed by atoms with Crippen LogP contribution in [0.4, 0.5) is 0 Å². The molecule has 8 rings (SSSR count). The van der Waals surface area contributed by atoms with E-state index in [2.05, 4.69) is 54.6 Å². The number of benzene rings is 4. The average Bonchev–Trinajstić information content (AvgIpc) is 2.91. The molecule has 4 aliphatic rings. The Morgan fingerprint density at radius 3 is 2.06 bits per heavy atom. The van der Waals surface area contributed by atoms with Gasteiger partial charge >= 0.3 is 0 Å². The van der Waals surface area contributed by atoms with E-state index in [0.717, 1.165) is 52.3 Å². The number of methoxy groups -OCH3 is 3. The van der Waals surface area contributed by atoms with Crippen molar-refractivity contribution < 1.29 is 18.9 Å². The Kier molecular flexibility index (Phi) is 6.44. The van der Waals surface area contributed by atoms with Gasteiger partial charge in [0.15, 0.2) is 11.5 Å². The van der Waals surface area contributed by atoms with Crippen LogP contribution in [0.5, 0.6) is 28.7 Å². The summed E-state index contributed by atoms with van der Waals surface area (Å²) in [5, 5.41) is 0. The molecular formula is C31H28O4. The lowest BCUT2D eigenvalue weighted by molar-refractivity contribution is 0.379. The summed E-state index contributed by atoms with van der Waals surface area (Å²) < 4.78 is 23.1. The van der Waals surface area contributed by atoms with E-state index in [0.29, 0.717) is 11.5 Å². The first-order chi connectivity index (χ1) is 17.2. The molecule has 0 saturated carbocycles. The Labute approximate surface area is 206 Å². The van der Waals surface area contributed by atoms with Crippen LogP contribution >= 0.6 is 0 Å². The van der Waals surface area contributed by atoms with E-state index in [9.17, 15) is 0 Å². The van der Waals surface area contributed by atoms with Crippen molar-refractivity contribution in [1.29, 1.82) is 0 Å². The summed E-state index contributed by atoms with van der Waals surface area (Å²) in [6.07, 6.45) is 5.90. The number of ether oxygens (including phenoxy) is 4. The molecule has 0 N–H and O–H groups in total. The molecule has 6 bridgehead atoms. The molecule has 4 aromatic carbocycles. The smallest absolute Gasteiger partial charge is 0.169 e. The largest absolute Gasteiger partial charge is 0.497 e. The third kappa shape index (κ3) is 4.87. The lowest BCUT2D eigenvalue weighted by Crippen LogP contribution is -1.98. The van der Waals surface area contributed by atoms with E-state index in [1.54, 1.807) is 21.3 Å². The van der Waals surface area contributed by atoms with Gasteiger partial charge in [-0.1, -0.05) is 48.6 Å².